The van der Waals surface area contributed by atoms with Crippen molar-refractivity contribution in [3.8, 4) is 0 Å². The number of piperidine rings is 1. The van der Waals surface area contributed by atoms with Crippen molar-refractivity contribution in [2.24, 2.45) is 0 Å². The summed E-state index contributed by atoms with van der Waals surface area (Å²) < 4.78 is 32.6. The van der Waals surface area contributed by atoms with Crippen LogP contribution in [0.1, 0.15) is 24.6 Å². The molecule has 0 bridgehead atoms. The molecule has 1 aromatic heterocycles. The van der Waals surface area contributed by atoms with Crippen LogP contribution >= 0.6 is 11.3 Å². The molecule has 5 nitrogen and oxygen atoms in total. The Morgan fingerprint density at radius 3 is 3.00 bits per heavy atom. The first-order valence-electron chi connectivity index (χ1n) is 6.89. The van der Waals surface area contributed by atoms with Gasteiger partial charge in [0.05, 0.1) is 6.10 Å². The highest BCUT2D eigenvalue weighted by Crippen LogP contribution is 2.27. The largest absolute Gasteiger partial charge is 0.396 e. The Morgan fingerprint density at radius 1 is 1.50 bits per heavy atom. The van der Waals surface area contributed by atoms with Crippen molar-refractivity contribution in [3.05, 3.63) is 17.0 Å². The summed E-state index contributed by atoms with van der Waals surface area (Å²) in [6.45, 7) is 3.56. The van der Waals surface area contributed by atoms with E-state index in [0.717, 1.165) is 17.7 Å². The van der Waals surface area contributed by atoms with E-state index in [1.54, 1.807) is 12.1 Å². The van der Waals surface area contributed by atoms with Gasteiger partial charge in [0.1, 0.15) is 4.21 Å². The lowest BCUT2D eigenvalue weighted by atomic mass is 10.1. The molecule has 7 heteroatoms. The van der Waals surface area contributed by atoms with Crippen LogP contribution < -0.4 is 0 Å². The molecule has 1 aliphatic heterocycles. The van der Waals surface area contributed by atoms with Gasteiger partial charge in [0.25, 0.3) is 10.0 Å². The van der Waals surface area contributed by atoms with Gasteiger partial charge in [-0.1, -0.05) is 0 Å². The standard InChI is InChI=1S/C13H21NO4S2/c1-2-18-11-4-3-8-14(10-11)20(16,17)13-6-5-12(19-13)7-9-15/h5-6,11,15H,2-4,7-10H2,1H3. The molecule has 0 amide bonds. The molecule has 0 radical (unpaired) electrons. The SMILES string of the molecule is CCOC1CCCN(S(=O)(=O)c2ccc(CCO)s2)C1. The van der Waals surface area contributed by atoms with E-state index in [1.165, 1.54) is 15.6 Å². The summed E-state index contributed by atoms with van der Waals surface area (Å²) in [6, 6.07) is 3.41. The number of nitrogens with zero attached hydrogens (tertiary/aromatic N) is 1. The van der Waals surface area contributed by atoms with E-state index >= 15 is 0 Å². The molecule has 1 aromatic rings. The third-order valence-electron chi connectivity index (χ3n) is 3.33. The summed E-state index contributed by atoms with van der Waals surface area (Å²) in [4.78, 5) is 0.893. The van der Waals surface area contributed by atoms with E-state index in [1.807, 2.05) is 6.92 Å². The average molecular weight is 319 g/mol. The highest BCUT2D eigenvalue weighted by Gasteiger charge is 2.31. The molecule has 0 saturated carbocycles. The predicted octanol–water partition coefficient (Wildman–Crippen LogP) is 1.47. The highest BCUT2D eigenvalue weighted by molar-refractivity contribution is 7.91. The molecule has 1 unspecified atom stereocenters. The minimum atomic E-state index is -3.42. The van der Waals surface area contributed by atoms with Crippen molar-refractivity contribution >= 4 is 21.4 Å². The van der Waals surface area contributed by atoms with Crippen molar-refractivity contribution < 1.29 is 18.3 Å². The Bertz CT molecular complexity index is 524. The zero-order chi connectivity index (χ0) is 14.6. The van der Waals surface area contributed by atoms with Gasteiger partial charge in [-0.2, -0.15) is 4.31 Å². The fourth-order valence-corrected chi connectivity index (χ4v) is 5.37. The van der Waals surface area contributed by atoms with Crippen molar-refractivity contribution in [1.82, 2.24) is 4.31 Å². The van der Waals surface area contributed by atoms with Gasteiger partial charge in [-0.15, -0.1) is 11.3 Å². The third kappa shape index (κ3) is 3.59. The Balaban J connectivity index is 2.12. The fourth-order valence-electron chi connectivity index (χ4n) is 2.36. The molecule has 1 aliphatic rings. The molecule has 1 atom stereocenters. The number of ether oxygens (including phenoxy) is 1. The highest BCUT2D eigenvalue weighted by atomic mass is 32.2. The summed E-state index contributed by atoms with van der Waals surface area (Å²) in [5.74, 6) is 0. The second kappa shape index (κ2) is 7.00. The van der Waals surface area contributed by atoms with Crippen LogP contribution in [0.3, 0.4) is 0 Å². The molecule has 114 valence electrons. The van der Waals surface area contributed by atoms with Gasteiger partial charge < -0.3 is 9.84 Å². The van der Waals surface area contributed by atoms with Crippen LogP contribution in [0.4, 0.5) is 0 Å². The minimum absolute atomic E-state index is 0.000370. The topological polar surface area (TPSA) is 66.8 Å². The van der Waals surface area contributed by atoms with Crippen LogP contribution in [0.15, 0.2) is 16.3 Å². The molecule has 20 heavy (non-hydrogen) atoms. The van der Waals surface area contributed by atoms with Crippen LogP contribution in [0.25, 0.3) is 0 Å². The number of aliphatic hydroxyl groups excluding tert-OH is 1. The Labute approximate surface area is 124 Å². The quantitative estimate of drug-likeness (QED) is 0.862. The summed E-state index contributed by atoms with van der Waals surface area (Å²) >= 11 is 1.24. The summed E-state index contributed by atoms with van der Waals surface area (Å²) in [5, 5.41) is 8.90. The Morgan fingerprint density at radius 2 is 2.30 bits per heavy atom. The van der Waals surface area contributed by atoms with E-state index in [0.29, 0.717) is 30.3 Å². The number of sulfonamides is 1. The molecular weight excluding hydrogens is 298 g/mol. The van der Waals surface area contributed by atoms with E-state index in [2.05, 4.69) is 0 Å². The molecule has 2 rings (SSSR count). The van der Waals surface area contributed by atoms with Gasteiger partial charge in [-0.25, -0.2) is 8.42 Å². The van der Waals surface area contributed by atoms with E-state index in [-0.39, 0.29) is 12.7 Å². The van der Waals surface area contributed by atoms with E-state index in [9.17, 15) is 8.42 Å². The number of thiophene rings is 1. The molecule has 1 N–H and O–H groups in total. The monoisotopic (exact) mass is 319 g/mol. The lowest BCUT2D eigenvalue weighted by Gasteiger charge is -2.31. The fraction of sp³-hybridized carbons (Fsp3) is 0.692. The first kappa shape index (κ1) is 15.9. The zero-order valence-corrected chi connectivity index (χ0v) is 13.3. The van der Waals surface area contributed by atoms with E-state index < -0.39 is 10.0 Å². The molecular formula is C13H21NO4S2. The predicted molar refractivity (Wildman–Crippen MR) is 78.5 cm³/mol. The third-order valence-corrected chi connectivity index (χ3v) is 6.81. The van der Waals surface area contributed by atoms with Crippen LogP contribution in [0, 0.1) is 0 Å². The maximum Gasteiger partial charge on any atom is 0.252 e. The minimum Gasteiger partial charge on any atom is -0.396 e. The summed E-state index contributed by atoms with van der Waals surface area (Å²) in [6.07, 6.45) is 2.25. The zero-order valence-electron chi connectivity index (χ0n) is 11.6. The lowest BCUT2D eigenvalue weighted by molar-refractivity contribution is 0.0265. The van der Waals surface area contributed by atoms with Crippen molar-refractivity contribution in [2.45, 2.75) is 36.5 Å². The van der Waals surface area contributed by atoms with Gasteiger partial charge in [-0.3, -0.25) is 0 Å². The first-order valence-corrected chi connectivity index (χ1v) is 9.15. The Hall–Kier alpha value is -0.470. The molecule has 0 aliphatic carbocycles. The molecule has 1 saturated heterocycles. The van der Waals surface area contributed by atoms with Gasteiger partial charge >= 0.3 is 0 Å². The average Bonchev–Trinajstić information content (AvgIpc) is 2.89. The van der Waals surface area contributed by atoms with Crippen LogP contribution in [-0.4, -0.2) is 50.2 Å². The second-order valence-corrected chi connectivity index (χ2v) is 8.11. The second-order valence-electron chi connectivity index (χ2n) is 4.78. The summed E-state index contributed by atoms with van der Waals surface area (Å²) in [7, 11) is -3.42. The smallest absolute Gasteiger partial charge is 0.252 e. The number of aliphatic hydroxyl groups is 1. The molecule has 1 fully saturated rings. The number of hydrogen-bond donors (Lipinski definition) is 1. The van der Waals surface area contributed by atoms with E-state index in [4.69, 9.17) is 9.84 Å². The molecule has 2 heterocycles. The van der Waals surface area contributed by atoms with Gasteiger partial charge in [0.2, 0.25) is 0 Å². The molecule has 0 spiro atoms. The van der Waals surface area contributed by atoms with Crippen LogP contribution in [0.5, 0.6) is 0 Å². The maximum absolute atomic E-state index is 12.6. The Kier molecular flexibility index (Phi) is 5.57. The number of rotatable bonds is 6. The number of hydrogen-bond acceptors (Lipinski definition) is 5. The normalized spacial score (nSPS) is 21.2. The molecule has 0 aromatic carbocycles. The van der Waals surface area contributed by atoms with Crippen molar-refractivity contribution in [1.29, 1.82) is 0 Å². The van der Waals surface area contributed by atoms with Gasteiger partial charge in [0.15, 0.2) is 0 Å². The maximum atomic E-state index is 12.6. The summed E-state index contributed by atoms with van der Waals surface area (Å²) in [5.41, 5.74) is 0. The van der Waals surface area contributed by atoms with Crippen LogP contribution in [0.2, 0.25) is 0 Å². The van der Waals surface area contributed by atoms with Crippen molar-refractivity contribution in [3.63, 3.8) is 0 Å². The van der Waals surface area contributed by atoms with Crippen LogP contribution in [-0.2, 0) is 21.2 Å². The lowest BCUT2D eigenvalue weighted by Crippen LogP contribution is -2.42. The van der Waals surface area contributed by atoms with Gasteiger partial charge in [-0.05, 0) is 31.9 Å². The van der Waals surface area contributed by atoms with Gasteiger partial charge in [0, 0.05) is 37.6 Å². The van der Waals surface area contributed by atoms with Crippen molar-refractivity contribution in [2.75, 3.05) is 26.3 Å². The first-order chi connectivity index (χ1) is 9.57.